The number of fused-ring (bicyclic) bond motifs is 1. The summed E-state index contributed by atoms with van der Waals surface area (Å²) in [6.45, 7) is 4.84. The molecule has 2 rings (SSSR count). The second kappa shape index (κ2) is 20.6. The molecule has 5 nitrogen and oxygen atoms in total. The number of para-hydroxylation sites is 1. The number of ether oxygens (including phenoxy) is 1. The Morgan fingerprint density at radius 3 is 1.95 bits per heavy atom. The zero-order valence-electron chi connectivity index (χ0n) is 24.3. The van der Waals surface area contributed by atoms with E-state index in [9.17, 15) is 9.59 Å². The molecule has 38 heavy (non-hydrogen) atoms. The Kier molecular flexibility index (Phi) is 17.3. The minimum atomic E-state index is -0.658. The summed E-state index contributed by atoms with van der Waals surface area (Å²) in [6, 6.07) is 7.39. The molecule has 1 aromatic heterocycles. The smallest absolute Gasteiger partial charge is 0.328 e. The van der Waals surface area contributed by atoms with Crippen molar-refractivity contribution in [2.24, 2.45) is 0 Å². The van der Waals surface area contributed by atoms with Crippen LogP contribution in [-0.2, 0) is 20.7 Å². The van der Waals surface area contributed by atoms with Crippen LogP contribution in [0.5, 0.6) is 0 Å². The van der Waals surface area contributed by atoms with Gasteiger partial charge in [0.05, 0.1) is 6.61 Å². The van der Waals surface area contributed by atoms with Crippen LogP contribution in [-0.4, -0.2) is 29.5 Å². The number of carbonyl (C=O) groups is 2. The van der Waals surface area contributed by atoms with E-state index in [1.54, 1.807) is 0 Å². The quantitative estimate of drug-likeness (QED) is 0.112. The number of aromatic nitrogens is 1. The number of nitrogens with one attached hydrogen (secondary N) is 2. The van der Waals surface area contributed by atoms with Crippen LogP contribution < -0.4 is 5.32 Å². The van der Waals surface area contributed by atoms with E-state index < -0.39 is 6.04 Å². The van der Waals surface area contributed by atoms with Gasteiger partial charge in [-0.1, -0.05) is 128 Å². The van der Waals surface area contributed by atoms with Crippen molar-refractivity contribution < 1.29 is 14.3 Å². The van der Waals surface area contributed by atoms with Crippen LogP contribution in [0.3, 0.4) is 0 Å². The molecule has 0 aliphatic rings. The van der Waals surface area contributed by atoms with E-state index in [1.165, 1.54) is 70.6 Å². The van der Waals surface area contributed by atoms with Gasteiger partial charge in [0.15, 0.2) is 0 Å². The lowest BCUT2D eigenvalue weighted by Gasteiger charge is -2.18. The molecule has 1 atom stereocenters. The van der Waals surface area contributed by atoms with Gasteiger partial charge in [0.2, 0.25) is 5.91 Å². The van der Waals surface area contributed by atoms with Gasteiger partial charge in [-0.3, -0.25) is 4.79 Å². The molecule has 1 amide bonds. The van der Waals surface area contributed by atoms with Crippen LogP contribution in [0.15, 0.2) is 30.5 Å². The van der Waals surface area contributed by atoms with Crippen molar-refractivity contribution in [3.63, 3.8) is 0 Å². The molecule has 2 aromatic rings. The zero-order valence-corrected chi connectivity index (χ0v) is 24.3. The van der Waals surface area contributed by atoms with Gasteiger partial charge in [0, 0.05) is 29.9 Å². The standard InChI is InChI=1S/C33H54N2O3/c1-3-5-7-9-10-11-12-13-14-15-16-17-18-24-32(36)35-31(33(37)38-25-21-8-6-4-2)26-28-27-34-30-23-20-19-22-29(28)30/h19-20,22-23,27,31,34H,3-18,21,24-26H2,1-2H3,(H,35,36)/t31-/m0/s1. The maximum Gasteiger partial charge on any atom is 0.328 e. The zero-order chi connectivity index (χ0) is 27.3. The van der Waals surface area contributed by atoms with E-state index in [1.807, 2.05) is 30.5 Å². The summed E-state index contributed by atoms with van der Waals surface area (Å²) in [5.74, 6) is -0.383. The summed E-state index contributed by atoms with van der Waals surface area (Å²) in [7, 11) is 0. The average molecular weight is 527 g/mol. The predicted molar refractivity (Wildman–Crippen MR) is 159 cm³/mol. The number of H-pyrrole nitrogens is 1. The number of hydrogen-bond donors (Lipinski definition) is 2. The Labute approximate surface area is 231 Å². The van der Waals surface area contributed by atoms with Crippen LogP contribution in [0.25, 0.3) is 10.9 Å². The van der Waals surface area contributed by atoms with Crippen LogP contribution in [0.1, 0.15) is 135 Å². The van der Waals surface area contributed by atoms with Gasteiger partial charge < -0.3 is 15.0 Å². The first kappa shape index (κ1) is 31.9. The van der Waals surface area contributed by atoms with E-state index >= 15 is 0 Å². The van der Waals surface area contributed by atoms with Crippen LogP contribution >= 0.6 is 0 Å². The maximum atomic E-state index is 12.9. The van der Waals surface area contributed by atoms with E-state index in [0.717, 1.165) is 55.0 Å². The van der Waals surface area contributed by atoms with Gasteiger partial charge >= 0.3 is 5.97 Å². The lowest BCUT2D eigenvalue weighted by molar-refractivity contribution is -0.148. The van der Waals surface area contributed by atoms with Gasteiger partial charge in [-0.15, -0.1) is 0 Å². The highest BCUT2D eigenvalue weighted by atomic mass is 16.5. The Bertz CT molecular complexity index is 891. The molecule has 214 valence electrons. The Morgan fingerprint density at radius 1 is 0.763 bits per heavy atom. The molecule has 1 aromatic carbocycles. The van der Waals surface area contributed by atoms with Crippen molar-refractivity contribution in [1.29, 1.82) is 0 Å². The normalized spacial score (nSPS) is 12.1. The first-order valence-corrected chi connectivity index (χ1v) is 15.7. The topological polar surface area (TPSA) is 71.2 Å². The molecule has 5 heteroatoms. The summed E-state index contributed by atoms with van der Waals surface area (Å²) in [5.41, 5.74) is 2.06. The Hall–Kier alpha value is -2.30. The number of benzene rings is 1. The number of esters is 1. The third-order valence-electron chi connectivity index (χ3n) is 7.47. The molecule has 0 aliphatic heterocycles. The van der Waals surface area contributed by atoms with E-state index in [4.69, 9.17) is 4.74 Å². The van der Waals surface area contributed by atoms with Gasteiger partial charge in [-0.05, 0) is 24.5 Å². The molecule has 1 heterocycles. The van der Waals surface area contributed by atoms with Crippen LogP contribution in [0, 0.1) is 0 Å². The maximum absolute atomic E-state index is 12.9. The third-order valence-corrected chi connectivity index (χ3v) is 7.47. The number of amides is 1. The van der Waals surface area contributed by atoms with Crippen molar-refractivity contribution >= 4 is 22.8 Å². The van der Waals surface area contributed by atoms with Crippen molar-refractivity contribution in [3.8, 4) is 0 Å². The van der Waals surface area contributed by atoms with Gasteiger partial charge in [-0.25, -0.2) is 4.79 Å². The molecular formula is C33H54N2O3. The third kappa shape index (κ3) is 13.5. The molecular weight excluding hydrogens is 472 g/mol. The summed E-state index contributed by atoms with van der Waals surface area (Å²) in [6.07, 6.45) is 23.7. The number of rotatable bonds is 23. The molecule has 0 unspecified atom stereocenters. The molecule has 2 N–H and O–H groups in total. The first-order chi connectivity index (χ1) is 18.7. The monoisotopic (exact) mass is 526 g/mol. The molecule has 0 bridgehead atoms. The Balaban J connectivity index is 1.68. The largest absolute Gasteiger partial charge is 0.464 e. The lowest BCUT2D eigenvalue weighted by atomic mass is 10.0. The van der Waals surface area contributed by atoms with Crippen molar-refractivity contribution in [1.82, 2.24) is 10.3 Å². The number of carbonyl (C=O) groups excluding carboxylic acids is 2. The van der Waals surface area contributed by atoms with E-state index in [-0.39, 0.29) is 11.9 Å². The Morgan fingerprint density at radius 2 is 1.32 bits per heavy atom. The second-order valence-corrected chi connectivity index (χ2v) is 10.9. The van der Waals surface area contributed by atoms with Crippen LogP contribution in [0.2, 0.25) is 0 Å². The van der Waals surface area contributed by atoms with Crippen molar-refractivity contribution in [2.75, 3.05) is 6.61 Å². The van der Waals surface area contributed by atoms with Crippen molar-refractivity contribution in [3.05, 3.63) is 36.0 Å². The fourth-order valence-corrected chi connectivity index (χ4v) is 5.09. The minimum Gasteiger partial charge on any atom is -0.464 e. The van der Waals surface area contributed by atoms with Crippen LogP contribution in [0.4, 0.5) is 0 Å². The van der Waals surface area contributed by atoms with E-state index in [2.05, 4.69) is 24.1 Å². The highest BCUT2D eigenvalue weighted by Crippen LogP contribution is 2.20. The van der Waals surface area contributed by atoms with E-state index in [0.29, 0.717) is 19.4 Å². The van der Waals surface area contributed by atoms with Crippen molar-refractivity contribution in [2.45, 2.75) is 142 Å². The number of aromatic amines is 1. The highest BCUT2D eigenvalue weighted by Gasteiger charge is 2.24. The molecule has 0 aliphatic carbocycles. The van der Waals surface area contributed by atoms with Gasteiger partial charge in [0.1, 0.15) is 6.04 Å². The number of unbranched alkanes of at least 4 members (excludes halogenated alkanes) is 15. The molecule has 0 fully saturated rings. The summed E-state index contributed by atoms with van der Waals surface area (Å²) < 4.78 is 5.57. The SMILES string of the molecule is CCCCCCCCCCCCCCCC(=O)N[C@@H](Cc1c[nH]c2ccccc12)C(=O)OCCCCCC. The fourth-order valence-electron chi connectivity index (χ4n) is 5.09. The molecule has 0 radical (unpaired) electrons. The van der Waals surface area contributed by atoms with Gasteiger partial charge in [0.25, 0.3) is 0 Å². The first-order valence-electron chi connectivity index (χ1n) is 15.7. The highest BCUT2D eigenvalue weighted by molar-refractivity contribution is 5.87. The predicted octanol–water partition coefficient (Wildman–Crippen LogP) is 8.80. The second-order valence-electron chi connectivity index (χ2n) is 10.9. The summed E-state index contributed by atoms with van der Waals surface area (Å²) in [5, 5.41) is 4.07. The summed E-state index contributed by atoms with van der Waals surface area (Å²) >= 11 is 0. The fraction of sp³-hybridized carbons (Fsp3) is 0.697. The summed E-state index contributed by atoms with van der Waals surface area (Å²) in [4.78, 5) is 28.9. The molecule has 0 saturated carbocycles. The van der Waals surface area contributed by atoms with Gasteiger partial charge in [-0.2, -0.15) is 0 Å². The minimum absolute atomic E-state index is 0.0548. The molecule has 0 saturated heterocycles. The lowest BCUT2D eigenvalue weighted by Crippen LogP contribution is -2.43. The molecule has 0 spiro atoms. The number of hydrogen-bond acceptors (Lipinski definition) is 3. The average Bonchev–Trinajstić information content (AvgIpc) is 3.33.